The van der Waals surface area contributed by atoms with Gasteiger partial charge in [-0.1, -0.05) is 40.9 Å². The van der Waals surface area contributed by atoms with Crippen LogP contribution in [0.25, 0.3) is 0 Å². The van der Waals surface area contributed by atoms with Crippen molar-refractivity contribution in [3.63, 3.8) is 0 Å². The van der Waals surface area contributed by atoms with Gasteiger partial charge in [-0.05, 0) is 54.7 Å². The Bertz CT molecular complexity index is 904. The molecule has 0 saturated carbocycles. The Labute approximate surface area is 187 Å². The molecule has 29 heavy (non-hydrogen) atoms. The highest BCUT2D eigenvalue weighted by Crippen LogP contribution is 2.29. The van der Waals surface area contributed by atoms with Gasteiger partial charge in [0, 0.05) is 11.3 Å². The predicted octanol–water partition coefficient (Wildman–Crippen LogP) is 3.81. The first kappa shape index (κ1) is 23.0. The first-order chi connectivity index (χ1) is 13.6. The van der Waals surface area contributed by atoms with E-state index in [-0.39, 0.29) is 10.7 Å². The van der Waals surface area contributed by atoms with E-state index in [0.29, 0.717) is 17.0 Å². The van der Waals surface area contributed by atoms with Crippen molar-refractivity contribution in [1.82, 2.24) is 10.6 Å². The van der Waals surface area contributed by atoms with Crippen LogP contribution in [0.5, 0.6) is 5.75 Å². The van der Waals surface area contributed by atoms with Gasteiger partial charge in [0.25, 0.3) is 5.91 Å². The molecule has 7 nitrogen and oxygen atoms in total. The van der Waals surface area contributed by atoms with Gasteiger partial charge in [0.15, 0.2) is 5.11 Å². The highest BCUT2D eigenvalue weighted by Gasteiger charge is 2.35. The smallest absolute Gasteiger partial charge is 0.335 e. The number of nitrogens with one attached hydrogen (secondary N) is 3. The normalized spacial score (nSPS) is 11.9. The number of amides is 1. The third kappa shape index (κ3) is 6.93. The fourth-order valence-corrected chi connectivity index (χ4v) is 2.75. The van der Waals surface area contributed by atoms with Crippen LogP contribution in [-0.4, -0.2) is 39.2 Å². The predicted molar refractivity (Wildman–Crippen MR) is 117 cm³/mol. The second-order valence-corrected chi connectivity index (χ2v) is 8.44. The zero-order valence-electron chi connectivity index (χ0n) is 14.9. The molecule has 1 amide bonds. The van der Waals surface area contributed by atoms with Crippen LogP contribution in [0.4, 0.5) is 5.69 Å². The number of carboxylic acids is 1. The third-order valence-electron chi connectivity index (χ3n) is 3.60. The Morgan fingerprint density at radius 1 is 1.07 bits per heavy atom. The highest BCUT2D eigenvalue weighted by molar-refractivity contribution is 7.80. The van der Waals surface area contributed by atoms with E-state index in [9.17, 15) is 9.59 Å². The lowest BCUT2D eigenvalue weighted by Crippen LogP contribution is -2.56. The molecule has 154 valence electrons. The second kappa shape index (κ2) is 9.98. The molecule has 0 aliphatic heterocycles. The Morgan fingerprint density at radius 3 is 2.28 bits per heavy atom. The molecule has 2 rings (SSSR count). The summed E-state index contributed by atoms with van der Waals surface area (Å²) in [4.78, 5) is 23.5. The van der Waals surface area contributed by atoms with Crippen molar-refractivity contribution in [1.29, 1.82) is 0 Å². The molecule has 1 unspecified atom stereocenters. The molecule has 0 spiro atoms. The number of carbonyl (C=O) groups excluding carboxylic acids is 1. The van der Waals surface area contributed by atoms with Crippen molar-refractivity contribution in [2.24, 2.45) is 0 Å². The number of thiocarbonyl (C=S) groups is 1. The molecule has 2 aromatic rings. The summed E-state index contributed by atoms with van der Waals surface area (Å²) in [6, 6.07) is 12.3. The molecule has 0 heterocycles. The largest absolute Gasteiger partial charge is 0.497 e. The number of aromatic carboxylic acids is 1. The number of anilines is 1. The fourth-order valence-electron chi connectivity index (χ4n) is 2.18. The fraction of sp³-hybridized carbons (Fsp3) is 0.167. The van der Waals surface area contributed by atoms with E-state index in [1.54, 1.807) is 36.4 Å². The number of ether oxygens (including phenoxy) is 1. The van der Waals surface area contributed by atoms with Crippen LogP contribution in [0.3, 0.4) is 0 Å². The van der Waals surface area contributed by atoms with Crippen LogP contribution in [0.1, 0.15) is 20.7 Å². The SMILES string of the molecule is COc1ccc(C(=O)NC(NC(=S)Nc2cccc(C(=O)O)c2)C(Cl)(Cl)Cl)cc1. The molecule has 11 heteroatoms. The standard InChI is InChI=1S/C18H16Cl3N3O4S/c1-28-13-7-5-10(6-8-13)14(25)23-16(18(19,20)21)24-17(29)22-12-4-2-3-11(9-12)15(26)27/h2-9,16H,1H3,(H,23,25)(H,26,27)(H2,22,24,29). The third-order valence-corrected chi connectivity index (χ3v) is 4.47. The minimum Gasteiger partial charge on any atom is -0.497 e. The molecule has 0 aliphatic carbocycles. The lowest BCUT2D eigenvalue weighted by atomic mass is 10.2. The topological polar surface area (TPSA) is 99.7 Å². The Balaban J connectivity index is 2.08. The lowest BCUT2D eigenvalue weighted by Gasteiger charge is -2.27. The van der Waals surface area contributed by atoms with E-state index in [4.69, 9.17) is 56.9 Å². The summed E-state index contributed by atoms with van der Waals surface area (Å²) in [5.41, 5.74) is 0.801. The van der Waals surface area contributed by atoms with Crippen molar-refractivity contribution in [3.05, 3.63) is 59.7 Å². The molecule has 0 saturated heterocycles. The molecular weight excluding hydrogens is 461 g/mol. The van der Waals surface area contributed by atoms with Gasteiger partial charge in [0.1, 0.15) is 11.9 Å². The number of rotatable bonds is 6. The molecule has 0 aliphatic rings. The van der Waals surface area contributed by atoms with Gasteiger partial charge in [-0.15, -0.1) is 0 Å². The maximum atomic E-state index is 12.5. The molecule has 1 atom stereocenters. The van der Waals surface area contributed by atoms with Crippen LogP contribution in [-0.2, 0) is 0 Å². The van der Waals surface area contributed by atoms with Gasteiger partial charge in [0.2, 0.25) is 3.79 Å². The van der Waals surface area contributed by atoms with E-state index in [1.165, 1.54) is 19.2 Å². The number of methoxy groups -OCH3 is 1. The quantitative estimate of drug-likeness (QED) is 0.286. The van der Waals surface area contributed by atoms with Crippen molar-refractivity contribution in [3.8, 4) is 5.75 Å². The van der Waals surface area contributed by atoms with Gasteiger partial charge < -0.3 is 25.8 Å². The molecule has 0 radical (unpaired) electrons. The maximum absolute atomic E-state index is 12.5. The summed E-state index contributed by atoms with van der Waals surface area (Å²) in [7, 11) is 1.51. The average Bonchev–Trinajstić information content (AvgIpc) is 2.66. The van der Waals surface area contributed by atoms with E-state index in [1.807, 2.05) is 0 Å². The summed E-state index contributed by atoms with van der Waals surface area (Å²) in [6.45, 7) is 0. The van der Waals surface area contributed by atoms with Crippen LogP contribution < -0.4 is 20.7 Å². The minimum atomic E-state index is -1.93. The highest BCUT2D eigenvalue weighted by atomic mass is 35.6. The number of hydrogen-bond donors (Lipinski definition) is 4. The van der Waals surface area contributed by atoms with E-state index >= 15 is 0 Å². The second-order valence-electron chi connectivity index (χ2n) is 5.66. The summed E-state index contributed by atoms with van der Waals surface area (Å²) < 4.78 is 3.11. The van der Waals surface area contributed by atoms with Crippen LogP contribution in [0.15, 0.2) is 48.5 Å². The van der Waals surface area contributed by atoms with Gasteiger partial charge in [-0.2, -0.15) is 0 Å². The van der Waals surface area contributed by atoms with E-state index in [2.05, 4.69) is 16.0 Å². The van der Waals surface area contributed by atoms with Crippen molar-refractivity contribution < 1.29 is 19.4 Å². The number of hydrogen-bond acceptors (Lipinski definition) is 4. The molecule has 2 aromatic carbocycles. The number of carbonyl (C=O) groups is 2. The van der Waals surface area contributed by atoms with Crippen molar-refractivity contribution in [2.75, 3.05) is 12.4 Å². The maximum Gasteiger partial charge on any atom is 0.335 e. The first-order valence-electron chi connectivity index (χ1n) is 8.02. The summed E-state index contributed by atoms with van der Waals surface area (Å²) >= 11 is 23.1. The first-order valence-corrected chi connectivity index (χ1v) is 9.57. The number of halogens is 3. The van der Waals surface area contributed by atoms with Gasteiger partial charge in [-0.25, -0.2) is 4.79 Å². The van der Waals surface area contributed by atoms with Crippen LogP contribution in [0.2, 0.25) is 0 Å². The number of carboxylic acid groups (broad SMARTS) is 1. The minimum absolute atomic E-state index is 0.0129. The van der Waals surface area contributed by atoms with Crippen LogP contribution >= 0.6 is 47.0 Å². The summed E-state index contributed by atoms with van der Waals surface area (Å²) in [6.07, 6.45) is -1.18. The molecule has 0 bridgehead atoms. The lowest BCUT2D eigenvalue weighted by molar-refractivity contribution is 0.0696. The summed E-state index contributed by atoms with van der Waals surface area (Å²) in [5, 5.41) is 17.1. The van der Waals surface area contributed by atoms with Gasteiger partial charge >= 0.3 is 5.97 Å². The molecule has 4 N–H and O–H groups in total. The molecular formula is C18H16Cl3N3O4S. The Hall–Kier alpha value is -2.26. The average molecular weight is 477 g/mol. The monoisotopic (exact) mass is 475 g/mol. The number of alkyl halides is 3. The Kier molecular flexibility index (Phi) is 7.92. The van der Waals surface area contributed by atoms with E-state index < -0.39 is 21.8 Å². The zero-order valence-corrected chi connectivity index (χ0v) is 18.0. The zero-order chi connectivity index (χ0) is 21.6. The molecule has 0 aromatic heterocycles. The van der Waals surface area contributed by atoms with E-state index in [0.717, 1.165) is 0 Å². The molecule has 0 fully saturated rings. The Morgan fingerprint density at radius 2 is 1.72 bits per heavy atom. The van der Waals surface area contributed by atoms with Gasteiger partial charge in [-0.3, -0.25) is 4.79 Å². The summed E-state index contributed by atoms with van der Waals surface area (Å²) in [5.74, 6) is -1.00. The number of benzene rings is 2. The van der Waals surface area contributed by atoms with Crippen molar-refractivity contribution in [2.45, 2.75) is 9.96 Å². The van der Waals surface area contributed by atoms with Crippen molar-refractivity contribution >= 4 is 69.7 Å². The van der Waals surface area contributed by atoms with Gasteiger partial charge in [0.05, 0.1) is 12.7 Å². The van der Waals surface area contributed by atoms with Crippen LogP contribution in [0, 0.1) is 0 Å².